The number of nitrogens with zero attached hydrogens (tertiary/aromatic N) is 3. The van der Waals surface area contributed by atoms with Crippen molar-refractivity contribution in [2.24, 2.45) is 0 Å². The van der Waals surface area contributed by atoms with Crippen LogP contribution in [0.4, 0.5) is 0 Å². The van der Waals surface area contributed by atoms with Crippen molar-refractivity contribution in [3.05, 3.63) is 41.2 Å². The Labute approximate surface area is 97.4 Å². The van der Waals surface area contributed by atoms with Crippen molar-refractivity contribution in [3.8, 4) is 5.13 Å². The molecule has 4 heteroatoms. The Morgan fingerprint density at radius 3 is 2.69 bits per heavy atom. The number of thiazole rings is 1. The first-order chi connectivity index (χ1) is 7.75. The molecule has 0 aliphatic rings. The normalized spacial score (nSPS) is 11.1. The van der Waals surface area contributed by atoms with E-state index in [-0.39, 0.29) is 0 Å². The highest BCUT2D eigenvalue weighted by Crippen LogP contribution is 2.23. The summed E-state index contributed by atoms with van der Waals surface area (Å²) in [6.07, 6.45) is 0. The van der Waals surface area contributed by atoms with E-state index in [0.29, 0.717) is 0 Å². The van der Waals surface area contributed by atoms with Crippen molar-refractivity contribution in [1.29, 1.82) is 0 Å². The number of hydrogen-bond acceptors (Lipinski definition) is 3. The van der Waals surface area contributed by atoms with Gasteiger partial charge in [0, 0.05) is 5.38 Å². The standard InChI is InChI=1S/C12H11N3S/c1-8-7-16-12(13-8)15-9(2)14-10-5-3-4-6-11(10)15/h3-7H,1-2H3. The molecule has 0 unspecified atom stereocenters. The highest BCUT2D eigenvalue weighted by atomic mass is 32.1. The van der Waals surface area contributed by atoms with E-state index in [2.05, 4.69) is 26.0 Å². The second kappa shape index (κ2) is 3.42. The first-order valence-electron chi connectivity index (χ1n) is 5.12. The molecule has 0 atom stereocenters. The van der Waals surface area contributed by atoms with Crippen LogP contribution in [0.5, 0.6) is 0 Å². The third-order valence-corrected chi connectivity index (χ3v) is 3.47. The molecule has 16 heavy (non-hydrogen) atoms. The summed E-state index contributed by atoms with van der Waals surface area (Å²) in [5.41, 5.74) is 3.19. The molecule has 0 spiro atoms. The summed E-state index contributed by atoms with van der Waals surface area (Å²) < 4.78 is 2.10. The minimum atomic E-state index is 0.982. The molecule has 2 aromatic heterocycles. The number of para-hydroxylation sites is 2. The highest BCUT2D eigenvalue weighted by molar-refractivity contribution is 7.12. The molecule has 80 valence electrons. The summed E-state index contributed by atoms with van der Waals surface area (Å²) in [4.78, 5) is 9.03. The van der Waals surface area contributed by atoms with Crippen LogP contribution in [0.15, 0.2) is 29.6 Å². The molecule has 2 heterocycles. The SMILES string of the molecule is Cc1csc(-n2c(C)nc3ccccc32)n1. The van der Waals surface area contributed by atoms with Crippen LogP contribution in [-0.2, 0) is 0 Å². The Hall–Kier alpha value is -1.68. The lowest BCUT2D eigenvalue weighted by atomic mass is 10.3. The minimum Gasteiger partial charge on any atom is -0.272 e. The van der Waals surface area contributed by atoms with Gasteiger partial charge in [-0.25, -0.2) is 9.97 Å². The zero-order valence-corrected chi connectivity index (χ0v) is 9.95. The Morgan fingerprint density at radius 1 is 1.12 bits per heavy atom. The fourth-order valence-corrected chi connectivity index (χ4v) is 2.69. The summed E-state index contributed by atoms with van der Waals surface area (Å²) in [5.74, 6) is 0.982. The Kier molecular flexibility index (Phi) is 2.04. The predicted octanol–water partition coefficient (Wildman–Crippen LogP) is 3.10. The van der Waals surface area contributed by atoms with E-state index in [1.54, 1.807) is 11.3 Å². The van der Waals surface area contributed by atoms with Crippen LogP contribution in [0, 0.1) is 13.8 Å². The molecule has 3 aromatic rings. The Morgan fingerprint density at radius 2 is 1.94 bits per heavy atom. The van der Waals surface area contributed by atoms with Gasteiger partial charge < -0.3 is 0 Å². The van der Waals surface area contributed by atoms with Gasteiger partial charge in [-0.3, -0.25) is 4.57 Å². The number of hydrogen-bond donors (Lipinski definition) is 0. The van der Waals surface area contributed by atoms with Crippen LogP contribution in [-0.4, -0.2) is 14.5 Å². The zero-order valence-electron chi connectivity index (χ0n) is 9.14. The number of benzene rings is 1. The fourth-order valence-electron chi connectivity index (χ4n) is 1.83. The molecule has 3 nitrogen and oxygen atoms in total. The first kappa shape index (κ1) is 9.54. The highest BCUT2D eigenvalue weighted by Gasteiger charge is 2.10. The van der Waals surface area contributed by atoms with E-state index in [1.807, 2.05) is 32.0 Å². The molecule has 0 bridgehead atoms. The Bertz CT molecular complexity index is 651. The summed E-state index contributed by atoms with van der Waals surface area (Å²) >= 11 is 1.65. The molecule has 0 fully saturated rings. The van der Waals surface area contributed by atoms with Gasteiger partial charge in [0.05, 0.1) is 16.7 Å². The van der Waals surface area contributed by atoms with Crippen LogP contribution in [0.1, 0.15) is 11.5 Å². The van der Waals surface area contributed by atoms with Gasteiger partial charge in [-0.1, -0.05) is 12.1 Å². The van der Waals surface area contributed by atoms with Gasteiger partial charge in [0.1, 0.15) is 5.82 Å². The van der Waals surface area contributed by atoms with E-state index in [0.717, 1.165) is 27.7 Å². The lowest BCUT2D eigenvalue weighted by molar-refractivity contribution is 0.977. The largest absolute Gasteiger partial charge is 0.272 e. The molecule has 1 aromatic carbocycles. The van der Waals surface area contributed by atoms with E-state index >= 15 is 0 Å². The fraction of sp³-hybridized carbons (Fsp3) is 0.167. The smallest absolute Gasteiger partial charge is 0.195 e. The average Bonchev–Trinajstić information content (AvgIpc) is 2.80. The van der Waals surface area contributed by atoms with Gasteiger partial charge >= 0.3 is 0 Å². The van der Waals surface area contributed by atoms with Crippen molar-refractivity contribution in [2.75, 3.05) is 0 Å². The van der Waals surface area contributed by atoms with Crippen molar-refractivity contribution in [3.63, 3.8) is 0 Å². The van der Waals surface area contributed by atoms with Crippen molar-refractivity contribution < 1.29 is 0 Å². The van der Waals surface area contributed by atoms with E-state index in [4.69, 9.17) is 0 Å². The second-order valence-electron chi connectivity index (χ2n) is 3.75. The third-order valence-electron chi connectivity index (χ3n) is 2.53. The molecule has 0 radical (unpaired) electrons. The molecular weight excluding hydrogens is 218 g/mol. The Balaban J connectivity index is 2.34. The number of imidazole rings is 1. The van der Waals surface area contributed by atoms with Gasteiger partial charge in [-0.15, -0.1) is 11.3 Å². The van der Waals surface area contributed by atoms with Crippen molar-refractivity contribution in [1.82, 2.24) is 14.5 Å². The summed E-state index contributed by atoms with van der Waals surface area (Å²) in [7, 11) is 0. The summed E-state index contributed by atoms with van der Waals surface area (Å²) in [5, 5.41) is 3.05. The van der Waals surface area contributed by atoms with Crippen LogP contribution in [0.2, 0.25) is 0 Å². The van der Waals surface area contributed by atoms with E-state index in [1.165, 1.54) is 0 Å². The molecule has 0 N–H and O–H groups in total. The van der Waals surface area contributed by atoms with Crippen molar-refractivity contribution >= 4 is 22.4 Å². The molecule has 0 aliphatic carbocycles. The molecule has 0 amide bonds. The maximum atomic E-state index is 4.53. The van der Waals surface area contributed by atoms with Gasteiger partial charge in [0.2, 0.25) is 0 Å². The number of aryl methyl sites for hydroxylation is 2. The van der Waals surface area contributed by atoms with Gasteiger partial charge in [0.15, 0.2) is 5.13 Å². The quantitative estimate of drug-likeness (QED) is 0.642. The predicted molar refractivity (Wildman–Crippen MR) is 66.2 cm³/mol. The molecule has 3 rings (SSSR count). The first-order valence-corrected chi connectivity index (χ1v) is 6.00. The van der Waals surface area contributed by atoms with E-state index in [9.17, 15) is 0 Å². The van der Waals surface area contributed by atoms with Crippen LogP contribution < -0.4 is 0 Å². The molecular formula is C12H11N3S. The van der Waals surface area contributed by atoms with Crippen molar-refractivity contribution in [2.45, 2.75) is 13.8 Å². The number of fused-ring (bicyclic) bond motifs is 1. The average molecular weight is 229 g/mol. The van der Waals surface area contributed by atoms with Crippen LogP contribution in [0.3, 0.4) is 0 Å². The monoisotopic (exact) mass is 229 g/mol. The second-order valence-corrected chi connectivity index (χ2v) is 4.59. The molecule has 0 saturated carbocycles. The third kappa shape index (κ3) is 1.34. The molecule has 0 aliphatic heterocycles. The summed E-state index contributed by atoms with van der Waals surface area (Å²) in [6, 6.07) is 8.14. The van der Waals surface area contributed by atoms with E-state index < -0.39 is 0 Å². The number of aromatic nitrogens is 3. The lowest BCUT2D eigenvalue weighted by Gasteiger charge is -2.00. The summed E-state index contributed by atoms with van der Waals surface area (Å²) in [6.45, 7) is 4.02. The maximum Gasteiger partial charge on any atom is 0.195 e. The lowest BCUT2D eigenvalue weighted by Crippen LogP contribution is -1.95. The topological polar surface area (TPSA) is 30.7 Å². The number of rotatable bonds is 1. The zero-order chi connectivity index (χ0) is 11.1. The minimum absolute atomic E-state index is 0.982. The van der Waals surface area contributed by atoms with Gasteiger partial charge in [0.25, 0.3) is 0 Å². The maximum absolute atomic E-state index is 4.53. The van der Waals surface area contributed by atoms with Crippen LogP contribution in [0.25, 0.3) is 16.2 Å². The van der Waals surface area contributed by atoms with Crippen LogP contribution >= 0.6 is 11.3 Å². The molecule has 0 saturated heterocycles. The van der Waals surface area contributed by atoms with Gasteiger partial charge in [-0.2, -0.15) is 0 Å². The van der Waals surface area contributed by atoms with Gasteiger partial charge in [-0.05, 0) is 26.0 Å².